The lowest BCUT2D eigenvalue weighted by Gasteiger charge is -2.23. The molecule has 0 saturated heterocycles. The highest BCUT2D eigenvalue weighted by Crippen LogP contribution is 2.32. The smallest absolute Gasteiger partial charge is 0.260 e. The van der Waals surface area contributed by atoms with Crippen LogP contribution in [0.3, 0.4) is 0 Å². The molecule has 0 fully saturated rings. The zero-order valence-corrected chi connectivity index (χ0v) is 17.1. The summed E-state index contributed by atoms with van der Waals surface area (Å²) in [7, 11) is 0. The van der Waals surface area contributed by atoms with E-state index >= 15 is 0 Å². The second kappa shape index (κ2) is 10.4. The Balaban J connectivity index is 1.54. The number of benzene rings is 2. The first-order chi connectivity index (χ1) is 15.3. The zero-order chi connectivity index (χ0) is 21.3. The minimum atomic E-state index is -0.145. The Kier molecular flexibility index (Phi) is 6.97. The summed E-state index contributed by atoms with van der Waals surface area (Å²) in [6.45, 7) is 1.85. The molecule has 7 heteroatoms. The summed E-state index contributed by atoms with van der Waals surface area (Å²) in [5.74, 6) is 2.12. The summed E-state index contributed by atoms with van der Waals surface area (Å²) in [5, 5.41) is 0. The lowest BCUT2D eigenvalue weighted by Crippen LogP contribution is -2.37. The van der Waals surface area contributed by atoms with Crippen LogP contribution in [0.2, 0.25) is 0 Å². The van der Waals surface area contributed by atoms with Crippen molar-refractivity contribution in [3.8, 4) is 23.1 Å². The summed E-state index contributed by atoms with van der Waals surface area (Å²) in [6, 6.07) is 20.4. The molecule has 0 atom stereocenters. The number of para-hydroxylation sites is 3. The highest BCUT2D eigenvalue weighted by Gasteiger charge is 2.19. The van der Waals surface area contributed by atoms with Gasteiger partial charge >= 0.3 is 0 Å². The minimum absolute atomic E-state index is 0.0631. The van der Waals surface area contributed by atoms with Crippen LogP contribution in [0.15, 0.2) is 72.9 Å². The molecule has 160 valence electrons. The molecule has 0 bridgehead atoms. The number of hydrogen-bond acceptors (Lipinski definition) is 6. The Bertz CT molecular complexity index is 996. The topological polar surface area (TPSA) is 70.1 Å². The van der Waals surface area contributed by atoms with Gasteiger partial charge in [-0.15, -0.1) is 0 Å². The maximum absolute atomic E-state index is 12.9. The number of rotatable bonds is 3. The van der Waals surface area contributed by atoms with Crippen LogP contribution in [0.4, 0.5) is 0 Å². The van der Waals surface area contributed by atoms with E-state index in [0.29, 0.717) is 56.0 Å². The van der Waals surface area contributed by atoms with Gasteiger partial charge in [0.05, 0.1) is 19.8 Å². The molecule has 1 aromatic heterocycles. The lowest BCUT2D eigenvalue weighted by molar-refractivity contribution is -0.134. The molecule has 1 amide bonds. The summed E-state index contributed by atoms with van der Waals surface area (Å²) in [6.07, 6.45) is 1.66. The van der Waals surface area contributed by atoms with Crippen molar-refractivity contribution >= 4 is 5.91 Å². The summed E-state index contributed by atoms with van der Waals surface area (Å²) < 4.78 is 23.2. The van der Waals surface area contributed by atoms with Crippen LogP contribution in [0.1, 0.15) is 5.56 Å². The molecule has 0 radical (unpaired) electrons. The maximum atomic E-state index is 12.9. The van der Waals surface area contributed by atoms with Crippen LogP contribution in [-0.2, 0) is 16.1 Å². The van der Waals surface area contributed by atoms with E-state index in [1.807, 2.05) is 66.7 Å². The van der Waals surface area contributed by atoms with E-state index in [0.717, 1.165) is 5.56 Å². The highest BCUT2D eigenvalue weighted by molar-refractivity contribution is 5.77. The Hall–Kier alpha value is -3.58. The number of nitrogens with zero attached hydrogens (tertiary/aromatic N) is 2. The molecular formula is C24H24N2O5. The molecule has 0 saturated carbocycles. The van der Waals surface area contributed by atoms with Gasteiger partial charge in [0.2, 0.25) is 5.88 Å². The normalized spacial score (nSPS) is 14.4. The number of hydrogen-bond donors (Lipinski definition) is 0. The van der Waals surface area contributed by atoms with Gasteiger partial charge in [0.15, 0.2) is 18.1 Å². The van der Waals surface area contributed by atoms with E-state index in [2.05, 4.69) is 4.98 Å². The summed E-state index contributed by atoms with van der Waals surface area (Å²) >= 11 is 0. The first kappa shape index (κ1) is 20.7. The Labute approximate surface area is 181 Å². The fourth-order valence-corrected chi connectivity index (χ4v) is 3.13. The van der Waals surface area contributed by atoms with Crippen molar-refractivity contribution in [2.75, 3.05) is 33.0 Å². The van der Waals surface area contributed by atoms with Gasteiger partial charge in [-0.05, 0) is 30.3 Å². The van der Waals surface area contributed by atoms with Crippen molar-refractivity contribution in [1.82, 2.24) is 9.88 Å². The van der Waals surface area contributed by atoms with Crippen LogP contribution in [-0.4, -0.2) is 48.8 Å². The third-order valence-corrected chi connectivity index (χ3v) is 4.72. The second-order valence-electron chi connectivity index (χ2n) is 6.89. The number of fused-ring (bicyclic) bond motifs is 2. The van der Waals surface area contributed by atoms with Gasteiger partial charge in [0, 0.05) is 18.3 Å². The van der Waals surface area contributed by atoms with Crippen molar-refractivity contribution in [3.63, 3.8) is 0 Å². The van der Waals surface area contributed by atoms with Crippen molar-refractivity contribution < 1.29 is 23.7 Å². The van der Waals surface area contributed by atoms with E-state index in [1.54, 1.807) is 11.1 Å². The Morgan fingerprint density at radius 1 is 0.935 bits per heavy atom. The largest absolute Gasteiger partial charge is 0.487 e. The molecule has 0 spiro atoms. The average Bonchev–Trinajstić information content (AvgIpc) is 2.82. The third kappa shape index (κ3) is 5.73. The molecule has 1 aliphatic heterocycles. The predicted molar refractivity (Wildman–Crippen MR) is 114 cm³/mol. The Morgan fingerprint density at radius 2 is 1.74 bits per heavy atom. The molecular weight excluding hydrogens is 396 g/mol. The molecule has 4 rings (SSSR count). The molecule has 2 heterocycles. The highest BCUT2D eigenvalue weighted by atomic mass is 16.5. The van der Waals surface area contributed by atoms with Gasteiger partial charge in [-0.2, -0.15) is 0 Å². The first-order valence-corrected chi connectivity index (χ1v) is 10.2. The number of amides is 1. The van der Waals surface area contributed by atoms with E-state index in [-0.39, 0.29) is 12.5 Å². The number of pyridine rings is 1. The zero-order valence-electron chi connectivity index (χ0n) is 17.1. The van der Waals surface area contributed by atoms with Crippen molar-refractivity contribution in [3.05, 3.63) is 78.5 Å². The van der Waals surface area contributed by atoms with Crippen molar-refractivity contribution in [1.29, 1.82) is 0 Å². The SMILES string of the molecule is O=C(COc1ccccc1)N1CCOCCOc2ccccc2Oc2ncccc2C1. The van der Waals surface area contributed by atoms with Gasteiger partial charge in [-0.1, -0.05) is 36.4 Å². The molecule has 0 aliphatic carbocycles. The number of carbonyl (C=O) groups is 1. The van der Waals surface area contributed by atoms with Crippen molar-refractivity contribution in [2.24, 2.45) is 0 Å². The van der Waals surface area contributed by atoms with Gasteiger partial charge in [-0.25, -0.2) is 4.98 Å². The molecule has 0 N–H and O–H groups in total. The second-order valence-corrected chi connectivity index (χ2v) is 6.89. The Morgan fingerprint density at radius 3 is 2.61 bits per heavy atom. The van der Waals surface area contributed by atoms with Crippen molar-refractivity contribution in [2.45, 2.75) is 6.54 Å². The predicted octanol–water partition coefficient (Wildman–Crippen LogP) is 3.69. The van der Waals surface area contributed by atoms with E-state index in [1.165, 1.54) is 0 Å². The number of carbonyl (C=O) groups excluding carboxylic acids is 1. The first-order valence-electron chi connectivity index (χ1n) is 10.2. The van der Waals surface area contributed by atoms with Crippen LogP contribution in [0, 0.1) is 0 Å². The number of ether oxygens (including phenoxy) is 4. The lowest BCUT2D eigenvalue weighted by atomic mass is 10.2. The van der Waals surface area contributed by atoms with E-state index < -0.39 is 0 Å². The van der Waals surface area contributed by atoms with E-state index in [9.17, 15) is 4.79 Å². The average molecular weight is 420 g/mol. The molecule has 2 aromatic carbocycles. The molecule has 1 aliphatic rings. The molecule has 7 nitrogen and oxygen atoms in total. The number of aromatic nitrogens is 1. The van der Waals surface area contributed by atoms with Crippen LogP contribution in [0.5, 0.6) is 23.1 Å². The fraction of sp³-hybridized carbons (Fsp3) is 0.250. The maximum Gasteiger partial charge on any atom is 0.260 e. The van der Waals surface area contributed by atoms with Gasteiger partial charge in [0.1, 0.15) is 12.4 Å². The minimum Gasteiger partial charge on any atom is -0.487 e. The monoisotopic (exact) mass is 420 g/mol. The quantitative estimate of drug-likeness (QED) is 0.644. The van der Waals surface area contributed by atoms with Crippen LogP contribution < -0.4 is 14.2 Å². The third-order valence-electron chi connectivity index (χ3n) is 4.72. The molecule has 0 unspecified atom stereocenters. The summed E-state index contributed by atoms with van der Waals surface area (Å²) in [5.41, 5.74) is 0.782. The molecule has 3 aromatic rings. The van der Waals surface area contributed by atoms with Gasteiger partial charge in [-0.3, -0.25) is 4.79 Å². The van der Waals surface area contributed by atoms with Gasteiger partial charge < -0.3 is 23.8 Å². The molecule has 31 heavy (non-hydrogen) atoms. The standard InChI is InChI=1S/C24H24N2O5/c27-23(18-30-20-8-2-1-3-9-20)26-13-14-28-15-16-29-21-10-4-5-11-22(21)31-24-19(17-26)7-6-12-25-24/h1-12H,13-18H2. The van der Waals surface area contributed by atoms with Crippen LogP contribution >= 0.6 is 0 Å². The van der Waals surface area contributed by atoms with E-state index in [4.69, 9.17) is 18.9 Å². The van der Waals surface area contributed by atoms with Crippen LogP contribution in [0.25, 0.3) is 0 Å². The van der Waals surface area contributed by atoms with Gasteiger partial charge in [0.25, 0.3) is 5.91 Å². The summed E-state index contributed by atoms with van der Waals surface area (Å²) in [4.78, 5) is 19.0. The fourth-order valence-electron chi connectivity index (χ4n) is 3.13.